The molecule has 3 N–H and O–H groups in total. The highest BCUT2D eigenvalue weighted by Crippen LogP contribution is 2.32. The van der Waals surface area contributed by atoms with E-state index in [1.165, 1.54) is 0 Å². The summed E-state index contributed by atoms with van der Waals surface area (Å²) in [5, 5.41) is 15.9. The second kappa shape index (κ2) is 14.1. The Morgan fingerprint density at radius 1 is 0.949 bits per heavy atom. The van der Waals surface area contributed by atoms with Crippen LogP contribution in [0.4, 0.5) is 0 Å². The van der Waals surface area contributed by atoms with Crippen LogP contribution in [0, 0.1) is 11.8 Å². The van der Waals surface area contributed by atoms with Crippen LogP contribution in [-0.2, 0) is 32.0 Å². The molecular formula is C32H40N2O5. The molecular weight excluding hydrogens is 492 g/mol. The molecule has 7 nitrogen and oxygen atoms in total. The van der Waals surface area contributed by atoms with E-state index in [1.807, 2.05) is 72.8 Å². The fourth-order valence-corrected chi connectivity index (χ4v) is 5.58. The molecule has 2 aromatic rings. The van der Waals surface area contributed by atoms with Crippen LogP contribution in [0.3, 0.4) is 0 Å². The van der Waals surface area contributed by atoms with Crippen molar-refractivity contribution in [3.05, 3.63) is 83.9 Å². The van der Waals surface area contributed by atoms with Crippen molar-refractivity contribution in [2.75, 3.05) is 13.2 Å². The van der Waals surface area contributed by atoms with Gasteiger partial charge in [-0.05, 0) is 49.7 Å². The van der Waals surface area contributed by atoms with E-state index >= 15 is 0 Å². The summed E-state index contributed by atoms with van der Waals surface area (Å²) in [5.41, 5.74) is 1.50. The second-order valence-corrected chi connectivity index (χ2v) is 11.0. The number of allylic oxidation sites excluding steroid dienone is 2. The number of ether oxygens (including phenoxy) is 1. The lowest BCUT2D eigenvalue weighted by atomic mass is 9.92. The standard InChI is InChI=1S/C32H40N2O5/c35-22-28(20-25-13-5-2-6-14-25)33-29(36)21-26-15-7-8-16-27(19-24-11-3-1-4-12-24)31(38)39-23-32(34-30(26)37)17-9-10-18-32/h1-8,11-14,26-28,35H,9-10,15-23H2,(H,33,36)(H,34,37)/t26-,27+,28-/m1/s1. The molecule has 4 rings (SSSR count). The van der Waals surface area contributed by atoms with Gasteiger partial charge in [0.05, 0.1) is 30.0 Å². The summed E-state index contributed by atoms with van der Waals surface area (Å²) in [4.78, 5) is 39.5. The molecule has 7 heteroatoms. The van der Waals surface area contributed by atoms with Gasteiger partial charge in [0.1, 0.15) is 6.61 Å². The summed E-state index contributed by atoms with van der Waals surface area (Å²) < 4.78 is 5.83. The maximum Gasteiger partial charge on any atom is 0.309 e. The number of benzene rings is 2. The smallest absolute Gasteiger partial charge is 0.309 e. The van der Waals surface area contributed by atoms with Crippen LogP contribution in [0.15, 0.2) is 72.8 Å². The molecule has 0 bridgehead atoms. The fourth-order valence-electron chi connectivity index (χ4n) is 5.58. The van der Waals surface area contributed by atoms with Crippen LogP contribution in [0.1, 0.15) is 56.1 Å². The van der Waals surface area contributed by atoms with Crippen LogP contribution in [-0.4, -0.2) is 47.7 Å². The predicted octanol–water partition coefficient (Wildman–Crippen LogP) is 3.89. The highest BCUT2D eigenvalue weighted by molar-refractivity contribution is 5.86. The Labute approximate surface area is 231 Å². The number of nitrogens with one attached hydrogen (secondary N) is 2. The molecule has 1 spiro atoms. The lowest BCUT2D eigenvalue weighted by Gasteiger charge is -2.32. The minimum atomic E-state index is -0.595. The SMILES string of the molecule is O=C(C[C@H]1CC=CC[C@@H](Cc2ccccc2)C(=O)OCC2(CCCC2)NC1=O)N[C@@H](CO)Cc1ccccc1. The third-order valence-corrected chi connectivity index (χ3v) is 7.82. The molecule has 2 aliphatic rings. The summed E-state index contributed by atoms with van der Waals surface area (Å²) in [5.74, 6) is -1.58. The van der Waals surface area contributed by atoms with Crippen molar-refractivity contribution >= 4 is 17.8 Å². The average molecular weight is 533 g/mol. The fraction of sp³-hybridized carbons (Fsp3) is 0.469. The largest absolute Gasteiger partial charge is 0.463 e. The lowest BCUT2D eigenvalue weighted by Crippen LogP contribution is -2.53. The van der Waals surface area contributed by atoms with E-state index in [9.17, 15) is 19.5 Å². The number of carbonyl (C=O) groups is 3. The first-order valence-corrected chi connectivity index (χ1v) is 14.1. The minimum Gasteiger partial charge on any atom is -0.463 e. The Hall–Kier alpha value is -3.45. The quantitative estimate of drug-likeness (QED) is 0.353. The van der Waals surface area contributed by atoms with E-state index in [1.54, 1.807) is 0 Å². The average Bonchev–Trinajstić information content (AvgIpc) is 3.41. The normalized spacial score (nSPS) is 22.3. The zero-order valence-electron chi connectivity index (χ0n) is 22.5. The molecule has 1 aliphatic carbocycles. The molecule has 1 fully saturated rings. The second-order valence-electron chi connectivity index (χ2n) is 11.0. The summed E-state index contributed by atoms with van der Waals surface area (Å²) in [7, 11) is 0. The molecule has 0 saturated heterocycles. The molecule has 1 saturated carbocycles. The van der Waals surface area contributed by atoms with Gasteiger partial charge in [0, 0.05) is 6.42 Å². The Kier molecular flexibility index (Phi) is 10.3. The van der Waals surface area contributed by atoms with Crippen molar-refractivity contribution in [2.24, 2.45) is 11.8 Å². The zero-order valence-corrected chi connectivity index (χ0v) is 22.5. The number of aliphatic hydroxyl groups excluding tert-OH is 1. The number of hydrogen-bond donors (Lipinski definition) is 3. The summed E-state index contributed by atoms with van der Waals surface area (Å²) in [6.07, 6.45) is 9.23. The molecule has 0 unspecified atom stereocenters. The number of cyclic esters (lactones) is 1. The Bertz CT molecular complexity index is 1110. The number of esters is 1. The monoisotopic (exact) mass is 532 g/mol. The van der Waals surface area contributed by atoms with Gasteiger partial charge in [-0.15, -0.1) is 0 Å². The maximum atomic E-state index is 13.4. The van der Waals surface area contributed by atoms with Crippen molar-refractivity contribution in [3.63, 3.8) is 0 Å². The van der Waals surface area contributed by atoms with Crippen molar-refractivity contribution in [1.82, 2.24) is 10.6 Å². The number of carbonyl (C=O) groups excluding carboxylic acids is 3. The summed E-state index contributed by atoms with van der Waals surface area (Å²) >= 11 is 0. The van der Waals surface area contributed by atoms with Gasteiger partial charge in [-0.3, -0.25) is 14.4 Å². The molecule has 0 radical (unpaired) electrons. The Morgan fingerprint density at radius 3 is 2.21 bits per heavy atom. The van der Waals surface area contributed by atoms with Crippen molar-refractivity contribution < 1.29 is 24.2 Å². The summed E-state index contributed by atoms with van der Waals surface area (Å²) in [6.45, 7) is -0.0379. The maximum absolute atomic E-state index is 13.4. The van der Waals surface area contributed by atoms with Gasteiger partial charge in [0.25, 0.3) is 0 Å². The predicted molar refractivity (Wildman–Crippen MR) is 150 cm³/mol. The van der Waals surface area contributed by atoms with Crippen molar-refractivity contribution in [1.29, 1.82) is 0 Å². The molecule has 3 atom stereocenters. The van der Waals surface area contributed by atoms with Crippen LogP contribution >= 0.6 is 0 Å². The van der Waals surface area contributed by atoms with Gasteiger partial charge >= 0.3 is 5.97 Å². The first kappa shape index (κ1) is 28.6. The first-order valence-electron chi connectivity index (χ1n) is 14.1. The van der Waals surface area contributed by atoms with Crippen LogP contribution < -0.4 is 10.6 Å². The molecule has 208 valence electrons. The molecule has 39 heavy (non-hydrogen) atoms. The number of hydrogen-bond acceptors (Lipinski definition) is 5. The van der Waals surface area contributed by atoms with Crippen molar-refractivity contribution in [2.45, 2.75) is 69.4 Å². The van der Waals surface area contributed by atoms with Gasteiger partial charge in [-0.25, -0.2) is 0 Å². The van der Waals surface area contributed by atoms with Gasteiger partial charge in [-0.2, -0.15) is 0 Å². The zero-order chi connectivity index (χ0) is 27.5. The Balaban J connectivity index is 1.45. The van der Waals surface area contributed by atoms with E-state index in [0.717, 1.165) is 36.8 Å². The number of aliphatic hydroxyl groups is 1. The third-order valence-electron chi connectivity index (χ3n) is 7.82. The molecule has 2 aromatic carbocycles. The number of amides is 2. The molecule has 1 aliphatic heterocycles. The highest BCUT2D eigenvalue weighted by atomic mass is 16.5. The molecule has 2 amide bonds. The lowest BCUT2D eigenvalue weighted by molar-refractivity contribution is -0.152. The van der Waals surface area contributed by atoms with Crippen LogP contribution in [0.25, 0.3) is 0 Å². The van der Waals surface area contributed by atoms with E-state index < -0.39 is 17.5 Å². The number of rotatable bonds is 8. The molecule has 0 aromatic heterocycles. The van der Waals surface area contributed by atoms with Crippen LogP contribution in [0.5, 0.6) is 0 Å². The Morgan fingerprint density at radius 2 is 1.56 bits per heavy atom. The van der Waals surface area contributed by atoms with Gasteiger partial charge in [0.2, 0.25) is 11.8 Å². The van der Waals surface area contributed by atoms with Crippen molar-refractivity contribution in [3.8, 4) is 0 Å². The van der Waals surface area contributed by atoms with Crippen LogP contribution in [0.2, 0.25) is 0 Å². The van der Waals surface area contributed by atoms with E-state index in [2.05, 4.69) is 10.6 Å². The van der Waals surface area contributed by atoms with Gasteiger partial charge in [-0.1, -0.05) is 85.7 Å². The van der Waals surface area contributed by atoms with Gasteiger partial charge in [0.15, 0.2) is 0 Å². The summed E-state index contributed by atoms with van der Waals surface area (Å²) in [6, 6.07) is 19.2. The van der Waals surface area contributed by atoms with E-state index in [4.69, 9.17) is 4.74 Å². The van der Waals surface area contributed by atoms with E-state index in [-0.39, 0.29) is 43.3 Å². The highest BCUT2D eigenvalue weighted by Gasteiger charge is 2.39. The topological polar surface area (TPSA) is 105 Å². The third kappa shape index (κ3) is 8.52. The minimum absolute atomic E-state index is 0.0186. The molecule has 1 heterocycles. The van der Waals surface area contributed by atoms with E-state index in [0.29, 0.717) is 25.7 Å². The first-order chi connectivity index (χ1) is 19.0. The van der Waals surface area contributed by atoms with Gasteiger partial charge < -0.3 is 20.5 Å².